The van der Waals surface area contributed by atoms with Gasteiger partial charge in [-0.05, 0) is 64.2 Å². The SMILES string of the molecule is CCCCC/C=C\C/C=C\C/C=C\C/C=C\CCCCCC(=O)OC[C@@H](COC(=O)CCCCCCCCCCC)OC(=O)CCCCCCCCCCCCCCC. The third kappa shape index (κ3) is 46.3. The second kappa shape index (κ2) is 48.0. The Hall–Kier alpha value is -2.63. The van der Waals surface area contributed by atoms with Gasteiger partial charge in [0.25, 0.3) is 0 Å². The Balaban J connectivity index is 4.36. The minimum atomic E-state index is -0.780. The average Bonchev–Trinajstić information content (AvgIpc) is 3.23. The number of rotatable bonds is 45. The van der Waals surface area contributed by atoms with Crippen molar-refractivity contribution in [2.24, 2.45) is 0 Å². The first-order chi connectivity index (χ1) is 29.0. The minimum Gasteiger partial charge on any atom is -0.462 e. The van der Waals surface area contributed by atoms with E-state index in [0.29, 0.717) is 19.3 Å². The third-order valence-electron chi connectivity index (χ3n) is 10.8. The van der Waals surface area contributed by atoms with Gasteiger partial charge in [0.15, 0.2) is 6.10 Å². The molecule has 0 spiro atoms. The van der Waals surface area contributed by atoms with Crippen molar-refractivity contribution in [3.63, 3.8) is 0 Å². The van der Waals surface area contributed by atoms with Crippen molar-refractivity contribution in [1.29, 1.82) is 0 Å². The normalized spacial score (nSPS) is 12.4. The van der Waals surface area contributed by atoms with Crippen molar-refractivity contribution >= 4 is 17.9 Å². The zero-order chi connectivity index (χ0) is 43.0. The summed E-state index contributed by atoms with van der Waals surface area (Å²) in [6, 6.07) is 0. The van der Waals surface area contributed by atoms with Crippen LogP contribution in [0, 0.1) is 0 Å². The number of unbranched alkanes of at least 4 members (excludes halogenated alkanes) is 26. The fourth-order valence-corrected chi connectivity index (χ4v) is 7.01. The van der Waals surface area contributed by atoms with Gasteiger partial charge < -0.3 is 14.2 Å². The van der Waals surface area contributed by atoms with Crippen LogP contribution in [0.2, 0.25) is 0 Å². The summed E-state index contributed by atoms with van der Waals surface area (Å²) in [6.45, 7) is 6.57. The number of hydrogen-bond acceptors (Lipinski definition) is 6. The Morgan fingerprint density at radius 1 is 0.339 bits per heavy atom. The van der Waals surface area contributed by atoms with Gasteiger partial charge in [0, 0.05) is 19.3 Å². The summed E-state index contributed by atoms with van der Waals surface area (Å²) in [5.41, 5.74) is 0. The van der Waals surface area contributed by atoms with Gasteiger partial charge in [-0.2, -0.15) is 0 Å². The molecule has 0 radical (unpaired) electrons. The molecule has 59 heavy (non-hydrogen) atoms. The van der Waals surface area contributed by atoms with Gasteiger partial charge in [0.1, 0.15) is 13.2 Å². The molecular weight excluding hydrogens is 733 g/mol. The topological polar surface area (TPSA) is 78.9 Å². The summed E-state index contributed by atoms with van der Waals surface area (Å²) in [6.07, 6.45) is 56.6. The molecule has 0 aliphatic rings. The van der Waals surface area contributed by atoms with E-state index in [0.717, 1.165) is 83.5 Å². The molecule has 0 bridgehead atoms. The van der Waals surface area contributed by atoms with E-state index in [1.54, 1.807) is 0 Å². The molecule has 0 unspecified atom stereocenters. The lowest BCUT2D eigenvalue weighted by atomic mass is 10.0. The van der Waals surface area contributed by atoms with Crippen LogP contribution in [-0.2, 0) is 28.6 Å². The first kappa shape index (κ1) is 56.4. The van der Waals surface area contributed by atoms with Crippen LogP contribution in [0.25, 0.3) is 0 Å². The molecule has 0 saturated carbocycles. The molecule has 0 aromatic heterocycles. The monoisotopic (exact) mass is 827 g/mol. The second-order valence-corrected chi connectivity index (χ2v) is 16.7. The maximum atomic E-state index is 12.7. The molecule has 0 saturated heterocycles. The summed E-state index contributed by atoms with van der Waals surface area (Å²) in [7, 11) is 0. The van der Waals surface area contributed by atoms with Gasteiger partial charge in [-0.3, -0.25) is 14.4 Å². The highest BCUT2D eigenvalue weighted by Gasteiger charge is 2.19. The maximum Gasteiger partial charge on any atom is 0.306 e. The average molecular weight is 827 g/mol. The molecule has 0 aliphatic carbocycles. The van der Waals surface area contributed by atoms with Crippen LogP contribution >= 0.6 is 0 Å². The number of carbonyl (C=O) groups is 3. The van der Waals surface area contributed by atoms with Crippen molar-refractivity contribution in [2.75, 3.05) is 13.2 Å². The lowest BCUT2D eigenvalue weighted by molar-refractivity contribution is -0.167. The van der Waals surface area contributed by atoms with Crippen LogP contribution in [0.15, 0.2) is 48.6 Å². The van der Waals surface area contributed by atoms with E-state index < -0.39 is 6.10 Å². The second-order valence-electron chi connectivity index (χ2n) is 16.7. The fraction of sp³-hybridized carbons (Fsp3) is 0.792. The number of allylic oxidation sites excluding steroid dienone is 8. The van der Waals surface area contributed by atoms with Gasteiger partial charge in [0.05, 0.1) is 0 Å². The molecule has 0 aliphatic heterocycles. The highest BCUT2D eigenvalue weighted by Crippen LogP contribution is 2.15. The third-order valence-corrected chi connectivity index (χ3v) is 10.8. The van der Waals surface area contributed by atoms with Gasteiger partial charge in [-0.1, -0.05) is 217 Å². The van der Waals surface area contributed by atoms with Crippen LogP contribution < -0.4 is 0 Å². The Morgan fingerprint density at radius 2 is 0.610 bits per heavy atom. The van der Waals surface area contributed by atoms with Crippen molar-refractivity contribution in [2.45, 2.75) is 258 Å². The highest BCUT2D eigenvalue weighted by atomic mass is 16.6. The lowest BCUT2D eigenvalue weighted by Crippen LogP contribution is -2.30. The predicted octanol–water partition coefficient (Wildman–Crippen LogP) is 16.3. The van der Waals surface area contributed by atoms with Gasteiger partial charge >= 0.3 is 17.9 Å². The summed E-state index contributed by atoms with van der Waals surface area (Å²) < 4.78 is 16.7. The standard InChI is InChI=1S/C53H94O6/c1-4-7-10-13-16-19-21-23-24-25-26-27-28-30-31-34-37-40-43-46-52(55)58-49-50(48-57-51(54)45-42-39-36-33-18-15-12-9-6-3)59-53(56)47-44-41-38-35-32-29-22-20-17-14-11-8-5-2/h16,19,23-24,26-27,30-31,50H,4-15,17-18,20-22,25,28-29,32-49H2,1-3H3/b19-16-,24-23-,27-26-,31-30-/t50-/m1/s1. The molecule has 342 valence electrons. The van der Waals surface area contributed by atoms with Crippen molar-refractivity contribution < 1.29 is 28.6 Å². The molecule has 1 atom stereocenters. The molecule has 0 aromatic rings. The van der Waals surface area contributed by atoms with Gasteiger partial charge in [-0.25, -0.2) is 0 Å². The Bertz CT molecular complexity index is 1040. The number of carbonyl (C=O) groups excluding carboxylic acids is 3. The van der Waals surface area contributed by atoms with Crippen molar-refractivity contribution in [3.05, 3.63) is 48.6 Å². The molecule has 0 fully saturated rings. The first-order valence-corrected chi connectivity index (χ1v) is 25.1. The van der Waals surface area contributed by atoms with E-state index in [1.165, 1.54) is 128 Å². The van der Waals surface area contributed by atoms with E-state index in [4.69, 9.17) is 14.2 Å². The summed E-state index contributed by atoms with van der Waals surface area (Å²) in [5.74, 6) is -0.909. The van der Waals surface area contributed by atoms with Crippen molar-refractivity contribution in [3.8, 4) is 0 Å². The fourth-order valence-electron chi connectivity index (χ4n) is 7.01. The van der Waals surface area contributed by atoms with Crippen molar-refractivity contribution in [1.82, 2.24) is 0 Å². The number of hydrogen-bond donors (Lipinski definition) is 0. The van der Waals surface area contributed by atoms with Gasteiger partial charge in [-0.15, -0.1) is 0 Å². The van der Waals surface area contributed by atoms with Crippen LogP contribution in [-0.4, -0.2) is 37.2 Å². The van der Waals surface area contributed by atoms with Crippen LogP contribution in [0.1, 0.15) is 252 Å². The molecule has 0 rings (SSSR count). The minimum absolute atomic E-state index is 0.0804. The highest BCUT2D eigenvalue weighted by molar-refractivity contribution is 5.71. The summed E-state index contributed by atoms with van der Waals surface area (Å²) >= 11 is 0. The van der Waals surface area contributed by atoms with Gasteiger partial charge in [0.2, 0.25) is 0 Å². The predicted molar refractivity (Wildman–Crippen MR) is 252 cm³/mol. The molecule has 0 amide bonds. The molecule has 0 aromatic carbocycles. The molecule has 0 heterocycles. The Labute approximate surface area is 365 Å². The first-order valence-electron chi connectivity index (χ1n) is 25.1. The largest absolute Gasteiger partial charge is 0.462 e. The smallest absolute Gasteiger partial charge is 0.306 e. The number of esters is 3. The molecule has 6 heteroatoms. The Morgan fingerprint density at radius 3 is 0.983 bits per heavy atom. The molecule has 0 N–H and O–H groups in total. The summed E-state index contributed by atoms with van der Waals surface area (Å²) in [4.78, 5) is 37.8. The molecular formula is C53H94O6. The Kier molecular flexibility index (Phi) is 45.9. The quantitative estimate of drug-likeness (QED) is 0.0263. The van der Waals surface area contributed by atoms with Crippen LogP contribution in [0.4, 0.5) is 0 Å². The van der Waals surface area contributed by atoms with E-state index in [-0.39, 0.29) is 31.1 Å². The zero-order valence-electron chi connectivity index (χ0n) is 39.0. The molecule has 6 nitrogen and oxygen atoms in total. The maximum absolute atomic E-state index is 12.7. The van der Waals surface area contributed by atoms with Crippen LogP contribution in [0.5, 0.6) is 0 Å². The lowest BCUT2D eigenvalue weighted by Gasteiger charge is -2.18. The summed E-state index contributed by atoms with van der Waals surface area (Å²) in [5, 5.41) is 0. The number of ether oxygens (including phenoxy) is 3. The van der Waals surface area contributed by atoms with E-state index in [9.17, 15) is 14.4 Å². The van der Waals surface area contributed by atoms with E-state index >= 15 is 0 Å². The van der Waals surface area contributed by atoms with Crippen LogP contribution in [0.3, 0.4) is 0 Å². The van der Waals surface area contributed by atoms with E-state index in [2.05, 4.69) is 69.4 Å². The zero-order valence-corrected chi connectivity index (χ0v) is 39.0. The van der Waals surface area contributed by atoms with E-state index in [1.807, 2.05) is 0 Å².